The minimum Gasteiger partial charge on any atom is -0.461 e. The summed E-state index contributed by atoms with van der Waals surface area (Å²) in [6.45, 7) is 0.113. The number of nitrogens with two attached hydrogens (primary N) is 1. The van der Waals surface area contributed by atoms with Crippen molar-refractivity contribution in [1.29, 1.82) is 0 Å². The number of nitrogens with one attached hydrogen (secondary N) is 1. The molecule has 9 nitrogen and oxygen atoms in total. The van der Waals surface area contributed by atoms with E-state index in [0.717, 1.165) is 0 Å². The predicted molar refractivity (Wildman–Crippen MR) is 80.0 cm³/mol. The maximum atomic E-state index is 11.7. The van der Waals surface area contributed by atoms with Crippen molar-refractivity contribution in [1.82, 2.24) is 10.2 Å². The summed E-state index contributed by atoms with van der Waals surface area (Å²) in [5.74, 6) is -0.379. The molecule has 0 aliphatic carbocycles. The molecule has 1 aromatic heterocycles. The number of furan rings is 1. The van der Waals surface area contributed by atoms with E-state index in [2.05, 4.69) is 5.32 Å². The summed E-state index contributed by atoms with van der Waals surface area (Å²) >= 11 is 0. The van der Waals surface area contributed by atoms with Crippen LogP contribution < -0.4 is 11.1 Å². The van der Waals surface area contributed by atoms with Crippen molar-refractivity contribution in [3.05, 3.63) is 23.7 Å². The molecule has 1 aromatic rings. The average molecular weight is 337 g/mol. The number of primary amides is 1. The van der Waals surface area contributed by atoms with Crippen LogP contribution in [0.3, 0.4) is 0 Å². The van der Waals surface area contributed by atoms with Crippen molar-refractivity contribution >= 4 is 23.7 Å². The molecule has 0 radical (unpaired) electrons. The van der Waals surface area contributed by atoms with Crippen molar-refractivity contribution in [2.45, 2.75) is 32.4 Å². The standard InChI is InChI=1S/C15H19N3O6/c16-12(19)2-1-3-15(22)23-9-11-5-4-10(24-11)7-18-8-13(20)17-6-14(18)21/h4-5H,1-3,6-9H2,(H2,16,19)(H,17,20). The molecule has 2 rings (SSSR count). The van der Waals surface area contributed by atoms with E-state index in [9.17, 15) is 19.2 Å². The van der Waals surface area contributed by atoms with Gasteiger partial charge in [0.25, 0.3) is 0 Å². The Kier molecular flexibility index (Phi) is 5.94. The molecule has 2 heterocycles. The molecule has 1 aliphatic heterocycles. The smallest absolute Gasteiger partial charge is 0.306 e. The van der Waals surface area contributed by atoms with Gasteiger partial charge in [-0.2, -0.15) is 0 Å². The monoisotopic (exact) mass is 337 g/mol. The van der Waals surface area contributed by atoms with Crippen LogP contribution in [-0.4, -0.2) is 41.7 Å². The van der Waals surface area contributed by atoms with Crippen LogP contribution in [0.25, 0.3) is 0 Å². The van der Waals surface area contributed by atoms with Crippen LogP contribution in [0.5, 0.6) is 0 Å². The Labute approximate surface area is 138 Å². The minimum absolute atomic E-state index is 0.0102. The Bertz CT molecular complexity index is 639. The van der Waals surface area contributed by atoms with Gasteiger partial charge in [-0.15, -0.1) is 0 Å². The molecule has 9 heteroatoms. The molecule has 0 bridgehead atoms. The van der Waals surface area contributed by atoms with Crippen molar-refractivity contribution in [3.8, 4) is 0 Å². The van der Waals surface area contributed by atoms with E-state index in [1.165, 1.54) is 4.90 Å². The van der Waals surface area contributed by atoms with E-state index < -0.39 is 11.9 Å². The number of nitrogens with zero attached hydrogens (tertiary/aromatic N) is 1. The van der Waals surface area contributed by atoms with E-state index in [0.29, 0.717) is 17.9 Å². The van der Waals surface area contributed by atoms with Crippen LogP contribution >= 0.6 is 0 Å². The first kappa shape index (κ1) is 17.5. The second-order valence-electron chi connectivity index (χ2n) is 5.38. The van der Waals surface area contributed by atoms with E-state index in [1.54, 1.807) is 12.1 Å². The van der Waals surface area contributed by atoms with Crippen molar-refractivity contribution < 1.29 is 28.3 Å². The number of hydrogen-bond acceptors (Lipinski definition) is 6. The summed E-state index contributed by atoms with van der Waals surface area (Å²) in [7, 11) is 0. The lowest BCUT2D eigenvalue weighted by Crippen LogP contribution is -2.50. The lowest BCUT2D eigenvalue weighted by Gasteiger charge is -2.25. The Balaban J connectivity index is 1.76. The van der Waals surface area contributed by atoms with Gasteiger partial charge in [0.2, 0.25) is 17.7 Å². The van der Waals surface area contributed by atoms with Crippen LogP contribution in [0.2, 0.25) is 0 Å². The van der Waals surface area contributed by atoms with Gasteiger partial charge in [-0.05, 0) is 18.6 Å². The van der Waals surface area contributed by atoms with Gasteiger partial charge in [-0.1, -0.05) is 0 Å². The zero-order valence-corrected chi connectivity index (χ0v) is 13.1. The first-order chi connectivity index (χ1) is 11.4. The van der Waals surface area contributed by atoms with E-state index in [4.69, 9.17) is 14.9 Å². The molecule has 0 atom stereocenters. The van der Waals surface area contributed by atoms with E-state index in [-0.39, 0.29) is 50.9 Å². The molecular weight excluding hydrogens is 318 g/mol. The van der Waals surface area contributed by atoms with E-state index in [1.807, 2.05) is 0 Å². The summed E-state index contributed by atoms with van der Waals surface area (Å²) < 4.78 is 10.5. The average Bonchev–Trinajstić information content (AvgIpc) is 2.96. The third-order valence-corrected chi connectivity index (χ3v) is 3.37. The van der Waals surface area contributed by atoms with Gasteiger partial charge >= 0.3 is 5.97 Å². The molecule has 1 aliphatic rings. The Morgan fingerprint density at radius 3 is 2.75 bits per heavy atom. The van der Waals surface area contributed by atoms with Gasteiger partial charge < -0.3 is 25.1 Å². The maximum absolute atomic E-state index is 11.7. The molecule has 1 fully saturated rings. The van der Waals surface area contributed by atoms with Crippen molar-refractivity contribution in [2.24, 2.45) is 5.73 Å². The number of piperazine rings is 1. The van der Waals surface area contributed by atoms with Gasteiger partial charge in [0, 0.05) is 12.8 Å². The third-order valence-electron chi connectivity index (χ3n) is 3.37. The fourth-order valence-electron chi connectivity index (χ4n) is 2.15. The fourth-order valence-corrected chi connectivity index (χ4v) is 2.15. The van der Waals surface area contributed by atoms with Crippen LogP contribution in [-0.2, 0) is 37.1 Å². The summed E-state index contributed by atoms with van der Waals surface area (Å²) in [6, 6.07) is 3.30. The highest BCUT2D eigenvalue weighted by Crippen LogP contribution is 2.13. The molecule has 0 saturated carbocycles. The number of hydrogen-bond donors (Lipinski definition) is 2. The SMILES string of the molecule is NC(=O)CCCC(=O)OCc1ccc(CN2CC(=O)NCC2=O)o1. The first-order valence-electron chi connectivity index (χ1n) is 7.50. The maximum Gasteiger partial charge on any atom is 0.306 e. The molecule has 0 unspecified atom stereocenters. The van der Waals surface area contributed by atoms with Gasteiger partial charge in [-0.25, -0.2) is 0 Å². The lowest BCUT2D eigenvalue weighted by atomic mass is 10.2. The highest BCUT2D eigenvalue weighted by molar-refractivity contribution is 5.92. The van der Waals surface area contributed by atoms with Gasteiger partial charge in [-0.3, -0.25) is 19.2 Å². The zero-order valence-electron chi connectivity index (χ0n) is 13.1. The molecule has 0 spiro atoms. The fraction of sp³-hybridized carbons (Fsp3) is 0.467. The number of ether oxygens (including phenoxy) is 1. The molecule has 1 saturated heterocycles. The highest BCUT2D eigenvalue weighted by atomic mass is 16.5. The molecule has 3 amide bonds. The number of carbonyl (C=O) groups excluding carboxylic acids is 4. The molecule has 24 heavy (non-hydrogen) atoms. The third kappa shape index (κ3) is 5.41. The Morgan fingerprint density at radius 2 is 2.00 bits per heavy atom. The van der Waals surface area contributed by atoms with Gasteiger partial charge in [0.05, 0.1) is 13.1 Å². The normalized spacial score (nSPS) is 14.4. The van der Waals surface area contributed by atoms with Crippen LogP contribution in [0.15, 0.2) is 16.5 Å². The topological polar surface area (TPSA) is 132 Å². The van der Waals surface area contributed by atoms with E-state index >= 15 is 0 Å². The summed E-state index contributed by atoms with van der Waals surface area (Å²) in [5, 5.41) is 2.46. The number of amides is 3. The van der Waals surface area contributed by atoms with Gasteiger partial charge in [0.15, 0.2) is 0 Å². The predicted octanol–water partition coefficient (Wildman–Crippen LogP) is -0.563. The van der Waals surface area contributed by atoms with Crippen molar-refractivity contribution in [2.75, 3.05) is 13.1 Å². The lowest BCUT2D eigenvalue weighted by molar-refractivity contribution is -0.145. The number of carbonyl (C=O) groups is 4. The van der Waals surface area contributed by atoms with Gasteiger partial charge in [0.1, 0.15) is 24.7 Å². The molecular formula is C15H19N3O6. The first-order valence-corrected chi connectivity index (χ1v) is 7.50. The number of rotatable bonds is 8. The van der Waals surface area contributed by atoms with Crippen LogP contribution in [0.4, 0.5) is 0 Å². The number of esters is 1. The summed E-state index contributed by atoms with van der Waals surface area (Å²) in [5.41, 5.74) is 4.98. The highest BCUT2D eigenvalue weighted by Gasteiger charge is 2.24. The molecule has 0 aromatic carbocycles. The Hall–Kier alpha value is -2.84. The largest absolute Gasteiger partial charge is 0.461 e. The zero-order chi connectivity index (χ0) is 17.5. The molecule has 130 valence electrons. The second kappa shape index (κ2) is 8.14. The van der Waals surface area contributed by atoms with Crippen molar-refractivity contribution in [3.63, 3.8) is 0 Å². The summed E-state index contributed by atoms with van der Waals surface area (Å²) in [6.07, 6.45) is 0.585. The Morgan fingerprint density at radius 1 is 1.25 bits per heavy atom. The quantitative estimate of drug-likeness (QED) is 0.611. The second-order valence-corrected chi connectivity index (χ2v) is 5.38. The molecule has 3 N–H and O–H groups in total. The summed E-state index contributed by atoms with van der Waals surface area (Å²) in [4.78, 5) is 46.4. The minimum atomic E-state index is -0.459. The van der Waals surface area contributed by atoms with Crippen LogP contribution in [0, 0.1) is 0 Å². The van der Waals surface area contributed by atoms with Crippen LogP contribution in [0.1, 0.15) is 30.8 Å².